The summed E-state index contributed by atoms with van der Waals surface area (Å²) in [4.78, 5) is 26.4. The van der Waals surface area contributed by atoms with Crippen molar-refractivity contribution in [3.8, 4) is 0 Å². The quantitative estimate of drug-likeness (QED) is 0.922. The average molecular weight is 319 g/mol. The monoisotopic (exact) mass is 319 g/mol. The Bertz CT molecular complexity index is 611. The van der Waals surface area contributed by atoms with Crippen LogP contribution < -0.4 is 10.9 Å². The van der Waals surface area contributed by atoms with Gasteiger partial charge in [0.2, 0.25) is 0 Å². The van der Waals surface area contributed by atoms with Crippen molar-refractivity contribution in [2.75, 3.05) is 19.6 Å². The van der Waals surface area contributed by atoms with Gasteiger partial charge in [-0.2, -0.15) is 0 Å². The lowest BCUT2D eigenvalue weighted by molar-refractivity contribution is 0.0445. The molecule has 128 valence electrons. The number of amides is 1. The molecule has 2 heterocycles. The van der Waals surface area contributed by atoms with E-state index < -0.39 is 0 Å². The number of carbonyl (C=O) groups excluding carboxylic acids is 1. The minimum Gasteiger partial charge on any atom is -0.350 e. The summed E-state index contributed by atoms with van der Waals surface area (Å²) in [5.41, 5.74) is 0.151. The lowest BCUT2D eigenvalue weighted by atomic mass is 9.88. The highest BCUT2D eigenvalue weighted by Crippen LogP contribution is 2.26. The summed E-state index contributed by atoms with van der Waals surface area (Å²) >= 11 is 0. The minimum atomic E-state index is -0.186. The van der Waals surface area contributed by atoms with Gasteiger partial charge in [-0.05, 0) is 38.2 Å². The molecule has 0 spiro atoms. The normalized spacial score (nSPS) is 22.8. The van der Waals surface area contributed by atoms with Gasteiger partial charge in [0, 0.05) is 50.0 Å². The zero-order valence-electron chi connectivity index (χ0n) is 14.9. The number of pyridine rings is 1. The lowest BCUT2D eigenvalue weighted by Gasteiger charge is -2.45. The van der Waals surface area contributed by atoms with E-state index in [0.29, 0.717) is 23.9 Å². The van der Waals surface area contributed by atoms with Gasteiger partial charge in [0.25, 0.3) is 11.5 Å². The molecule has 2 unspecified atom stereocenters. The molecule has 0 bridgehead atoms. The summed E-state index contributed by atoms with van der Waals surface area (Å²) < 4.78 is 1.46. The highest BCUT2D eigenvalue weighted by atomic mass is 16.2. The van der Waals surface area contributed by atoms with Crippen molar-refractivity contribution in [2.24, 2.45) is 18.9 Å². The first kappa shape index (κ1) is 17.7. The first-order valence-corrected chi connectivity index (χ1v) is 8.39. The Morgan fingerprint density at radius 2 is 1.91 bits per heavy atom. The highest BCUT2D eigenvalue weighted by Gasteiger charge is 2.32. The Morgan fingerprint density at radius 1 is 1.30 bits per heavy atom. The van der Waals surface area contributed by atoms with Gasteiger partial charge in [-0.15, -0.1) is 0 Å². The van der Waals surface area contributed by atoms with Crippen molar-refractivity contribution in [3.05, 3.63) is 34.2 Å². The highest BCUT2D eigenvalue weighted by molar-refractivity contribution is 5.94. The standard InChI is InChI=1S/C18H29N3O2/c1-13-8-14(2)11-21(10-13)18(3,4)12-19-17(23)15-6-7-20(5)16(22)9-15/h6-7,9,13-14H,8,10-12H2,1-5H3,(H,19,23). The van der Waals surface area contributed by atoms with Gasteiger partial charge in [0.15, 0.2) is 0 Å². The molecule has 0 aliphatic carbocycles. The van der Waals surface area contributed by atoms with Crippen molar-refractivity contribution >= 4 is 5.91 Å². The fourth-order valence-corrected chi connectivity index (χ4v) is 3.36. The number of aromatic nitrogens is 1. The molecule has 23 heavy (non-hydrogen) atoms. The molecular formula is C18H29N3O2. The van der Waals surface area contributed by atoms with E-state index >= 15 is 0 Å². The number of likely N-dealkylation sites (tertiary alicyclic amines) is 1. The van der Waals surface area contributed by atoms with E-state index in [4.69, 9.17) is 0 Å². The Hall–Kier alpha value is -1.62. The van der Waals surface area contributed by atoms with Crippen molar-refractivity contribution in [2.45, 2.75) is 39.7 Å². The third kappa shape index (κ3) is 4.44. The predicted molar refractivity (Wildman–Crippen MR) is 92.6 cm³/mol. The van der Waals surface area contributed by atoms with Crippen LogP contribution in [0.3, 0.4) is 0 Å². The second-order valence-electron chi connectivity index (χ2n) is 7.71. The number of nitrogens with one attached hydrogen (secondary N) is 1. The summed E-state index contributed by atoms with van der Waals surface area (Å²) in [5, 5.41) is 2.98. The fourth-order valence-electron chi connectivity index (χ4n) is 3.36. The number of hydrogen-bond donors (Lipinski definition) is 1. The third-order valence-corrected chi connectivity index (χ3v) is 4.77. The van der Waals surface area contributed by atoms with Gasteiger partial charge in [-0.3, -0.25) is 14.5 Å². The molecule has 0 saturated carbocycles. The largest absolute Gasteiger partial charge is 0.350 e. The molecular weight excluding hydrogens is 290 g/mol. The molecule has 1 fully saturated rings. The van der Waals surface area contributed by atoms with Crippen LogP contribution in [0, 0.1) is 11.8 Å². The minimum absolute atomic E-state index is 0.0989. The number of nitrogens with zero attached hydrogens (tertiary/aromatic N) is 2. The third-order valence-electron chi connectivity index (χ3n) is 4.77. The first-order valence-electron chi connectivity index (χ1n) is 8.39. The number of aryl methyl sites for hydroxylation is 1. The lowest BCUT2D eigenvalue weighted by Crippen LogP contribution is -2.56. The van der Waals surface area contributed by atoms with Crippen LogP contribution in [0.4, 0.5) is 0 Å². The van der Waals surface area contributed by atoms with Crippen LogP contribution in [0.25, 0.3) is 0 Å². The van der Waals surface area contributed by atoms with E-state index in [9.17, 15) is 9.59 Å². The summed E-state index contributed by atoms with van der Waals surface area (Å²) in [6, 6.07) is 3.06. The summed E-state index contributed by atoms with van der Waals surface area (Å²) in [6.45, 7) is 11.6. The molecule has 5 nitrogen and oxygen atoms in total. The van der Waals surface area contributed by atoms with E-state index in [-0.39, 0.29) is 17.0 Å². The maximum atomic E-state index is 12.3. The smallest absolute Gasteiger partial charge is 0.251 e. The van der Waals surface area contributed by atoms with Crippen LogP contribution in [0.1, 0.15) is 44.5 Å². The van der Waals surface area contributed by atoms with Crippen LogP contribution >= 0.6 is 0 Å². The van der Waals surface area contributed by atoms with Crippen molar-refractivity contribution < 1.29 is 4.79 Å². The molecule has 1 amide bonds. The van der Waals surface area contributed by atoms with Crippen LogP contribution in [0.2, 0.25) is 0 Å². The van der Waals surface area contributed by atoms with Crippen molar-refractivity contribution in [1.82, 2.24) is 14.8 Å². The maximum absolute atomic E-state index is 12.3. The van der Waals surface area contributed by atoms with Crippen LogP contribution in [0.5, 0.6) is 0 Å². The molecule has 1 aromatic heterocycles. The molecule has 0 radical (unpaired) electrons. The number of rotatable bonds is 4. The van der Waals surface area contributed by atoms with E-state index in [1.807, 2.05) is 0 Å². The molecule has 5 heteroatoms. The Balaban J connectivity index is 1.99. The number of piperidine rings is 1. The second kappa shape index (κ2) is 6.87. The average Bonchev–Trinajstić information content (AvgIpc) is 2.46. The zero-order chi connectivity index (χ0) is 17.2. The molecule has 1 aliphatic rings. The van der Waals surface area contributed by atoms with Gasteiger partial charge < -0.3 is 9.88 Å². The molecule has 1 aliphatic heterocycles. The SMILES string of the molecule is CC1CC(C)CN(C(C)(C)CNC(=O)c2ccn(C)c(=O)c2)C1. The molecule has 1 aromatic rings. The zero-order valence-corrected chi connectivity index (χ0v) is 14.9. The van der Waals surface area contributed by atoms with Gasteiger partial charge in [0.1, 0.15) is 0 Å². The van der Waals surface area contributed by atoms with Gasteiger partial charge in [-0.25, -0.2) is 0 Å². The maximum Gasteiger partial charge on any atom is 0.251 e. The molecule has 0 aromatic carbocycles. The molecule has 2 atom stereocenters. The van der Waals surface area contributed by atoms with Crippen molar-refractivity contribution in [3.63, 3.8) is 0 Å². The Labute approximate surface area is 138 Å². The summed E-state index contributed by atoms with van der Waals surface area (Å²) in [6.07, 6.45) is 2.89. The fraction of sp³-hybridized carbons (Fsp3) is 0.667. The van der Waals surface area contributed by atoms with Crippen LogP contribution in [-0.2, 0) is 7.05 Å². The molecule has 1 N–H and O–H groups in total. The first-order chi connectivity index (χ1) is 10.7. The van der Waals surface area contributed by atoms with Crippen LogP contribution in [-0.4, -0.2) is 40.5 Å². The number of hydrogen-bond acceptors (Lipinski definition) is 3. The molecule has 2 rings (SSSR count). The Kier molecular flexibility index (Phi) is 5.30. The second-order valence-corrected chi connectivity index (χ2v) is 7.71. The van der Waals surface area contributed by atoms with E-state index in [2.05, 4.69) is 37.9 Å². The summed E-state index contributed by atoms with van der Waals surface area (Å²) in [7, 11) is 1.67. The van der Waals surface area contributed by atoms with E-state index in [0.717, 1.165) is 13.1 Å². The van der Waals surface area contributed by atoms with Gasteiger partial charge in [-0.1, -0.05) is 13.8 Å². The van der Waals surface area contributed by atoms with E-state index in [1.54, 1.807) is 19.3 Å². The molecule has 1 saturated heterocycles. The van der Waals surface area contributed by atoms with E-state index in [1.165, 1.54) is 17.1 Å². The predicted octanol–water partition coefficient (Wildman–Crippen LogP) is 1.87. The van der Waals surface area contributed by atoms with Gasteiger partial charge in [0.05, 0.1) is 0 Å². The summed E-state index contributed by atoms with van der Waals surface area (Å²) in [5.74, 6) is 1.19. The van der Waals surface area contributed by atoms with Crippen molar-refractivity contribution in [1.29, 1.82) is 0 Å². The topological polar surface area (TPSA) is 54.3 Å². The van der Waals surface area contributed by atoms with Gasteiger partial charge >= 0.3 is 0 Å². The van der Waals surface area contributed by atoms with Crippen LogP contribution in [0.15, 0.2) is 23.1 Å². The number of carbonyl (C=O) groups is 1. The Morgan fingerprint density at radius 3 is 2.48 bits per heavy atom.